The van der Waals surface area contributed by atoms with Gasteiger partial charge in [-0.1, -0.05) is 147 Å². The van der Waals surface area contributed by atoms with Crippen LogP contribution in [-0.4, -0.2) is 0 Å². The first-order chi connectivity index (χ1) is 26.9. The van der Waals surface area contributed by atoms with Gasteiger partial charge >= 0.3 is 0 Å². The van der Waals surface area contributed by atoms with Crippen LogP contribution in [0.2, 0.25) is 0 Å². The van der Waals surface area contributed by atoms with E-state index in [1.165, 1.54) is 87.1 Å². The van der Waals surface area contributed by atoms with Gasteiger partial charge in [0.1, 0.15) is 0 Å². The third-order valence-corrected chi connectivity index (χ3v) is 13.7. The Morgan fingerprint density at radius 1 is 0.418 bits per heavy atom. The largest absolute Gasteiger partial charge is 0.310 e. The first-order valence-electron chi connectivity index (χ1n) is 19.3. The predicted molar refractivity (Wildman–Crippen MR) is 234 cm³/mol. The van der Waals surface area contributed by atoms with Gasteiger partial charge in [0, 0.05) is 42.4 Å². The summed E-state index contributed by atoms with van der Waals surface area (Å²) in [7, 11) is 0. The average Bonchev–Trinajstić information content (AvgIpc) is 3.82. The lowest BCUT2D eigenvalue weighted by Gasteiger charge is -2.28. The van der Waals surface area contributed by atoms with Crippen LogP contribution in [0, 0.1) is 0 Å². The minimum absolute atomic E-state index is 0.0292. The zero-order valence-corrected chi connectivity index (χ0v) is 32.0. The van der Waals surface area contributed by atoms with Crippen LogP contribution >= 0.6 is 11.3 Å². The molecule has 0 N–H and O–H groups in total. The van der Waals surface area contributed by atoms with Crippen molar-refractivity contribution < 1.29 is 0 Å². The second-order valence-corrected chi connectivity index (χ2v) is 16.9. The van der Waals surface area contributed by atoms with Crippen molar-refractivity contribution in [3.8, 4) is 33.4 Å². The Morgan fingerprint density at radius 3 is 1.71 bits per heavy atom. The summed E-state index contributed by atoms with van der Waals surface area (Å²) in [6.07, 6.45) is 0. The van der Waals surface area contributed by atoms with Crippen molar-refractivity contribution >= 4 is 48.6 Å². The molecule has 0 bridgehead atoms. The van der Waals surface area contributed by atoms with Gasteiger partial charge in [0.25, 0.3) is 0 Å². The Bertz CT molecular complexity index is 2920. The van der Waals surface area contributed by atoms with Gasteiger partial charge in [-0.3, -0.25) is 0 Å². The molecule has 0 unspecified atom stereocenters. The predicted octanol–water partition coefficient (Wildman–Crippen LogP) is 14.8. The topological polar surface area (TPSA) is 3.24 Å². The Kier molecular flexibility index (Phi) is 6.97. The number of thiophene rings is 1. The van der Waals surface area contributed by atoms with Crippen LogP contribution in [-0.2, 0) is 10.8 Å². The van der Waals surface area contributed by atoms with E-state index >= 15 is 0 Å². The van der Waals surface area contributed by atoms with Crippen molar-refractivity contribution in [3.05, 3.63) is 210 Å². The third-order valence-electron chi connectivity index (χ3n) is 12.6. The number of benzene rings is 8. The highest BCUT2D eigenvalue weighted by Crippen LogP contribution is 2.54. The van der Waals surface area contributed by atoms with Crippen molar-refractivity contribution in [2.24, 2.45) is 0 Å². The number of para-hydroxylation sites is 1. The lowest BCUT2D eigenvalue weighted by Crippen LogP contribution is -2.22. The standard InChI is InChI=1S/C53H39NS/c1-52(2)44-19-10-7-16-39(44)42-30-26-35(32-47(42)52)34-24-28-38(29-25-34)54(37-14-5-4-6-15-37)48-22-13-23-49-51(48)43-31-27-36(33-50(43)55-49)53(3)45-20-11-8-17-40(45)41-18-9-12-21-46(41)53/h4-33H,1-3H3. The van der Waals surface area contributed by atoms with Crippen LogP contribution in [0.3, 0.4) is 0 Å². The third kappa shape index (κ3) is 4.65. The summed E-state index contributed by atoms with van der Waals surface area (Å²) in [5.41, 5.74) is 18.0. The van der Waals surface area contributed by atoms with E-state index < -0.39 is 0 Å². The van der Waals surface area contributed by atoms with E-state index in [4.69, 9.17) is 0 Å². The second-order valence-electron chi connectivity index (χ2n) is 15.8. The first kappa shape index (κ1) is 32.2. The summed E-state index contributed by atoms with van der Waals surface area (Å²) in [5.74, 6) is 0. The van der Waals surface area contributed by atoms with Gasteiger partial charge in [0.15, 0.2) is 0 Å². The molecule has 1 aromatic heterocycles. The van der Waals surface area contributed by atoms with Crippen LogP contribution in [0.25, 0.3) is 53.6 Å². The van der Waals surface area contributed by atoms with E-state index in [0.29, 0.717) is 0 Å². The summed E-state index contributed by atoms with van der Waals surface area (Å²) in [5, 5.41) is 2.58. The molecular weight excluding hydrogens is 683 g/mol. The molecule has 0 amide bonds. The van der Waals surface area contributed by atoms with E-state index in [0.717, 1.165) is 11.4 Å². The molecule has 1 heterocycles. The summed E-state index contributed by atoms with van der Waals surface area (Å²) < 4.78 is 2.61. The molecule has 262 valence electrons. The summed E-state index contributed by atoms with van der Waals surface area (Å²) in [4.78, 5) is 2.43. The number of nitrogens with zero attached hydrogens (tertiary/aromatic N) is 1. The van der Waals surface area contributed by atoms with Gasteiger partial charge in [0.05, 0.1) is 5.69 Å². The van der Waals surface area contributed by atoms with E-state index in [9.17, 15) is 0 Å². The SMILES string of the molecule is CC1(C)c2ccccc2-c2ccc(-c3ccc(N(c4ccccc4)c4cccc5sc6cc(C7(C)c8ccccc8-c8ccccc87)ccc6c45)cc3)cc21. The molecule has 0 saturated carbocycles. The van der Waals surface area contributed by atoms with E-state index in [2.05, 4.69) is 208 Å². The van der Waals surface area contributed by atoms with E-state index in [1.807, 2.05) is 11.3 Å². The molecule has 8 aromatic carbocycles. The highest BCUT2D eigenvalue weighted by atomic mass is 32.1. The maximum atomic E-state index is 2.46. The lowest BCUT2D eigenvalue weighted by atomic mass is 9.74. The highest BCUT2D eigenvalue weighted by molar-refractivity contribution is 7.26. The van der Waals surface area contributed by atoms with E-state index in [-0.39, 0.29) is 10.8 Å². The Labute approximate surface area is 326 Å². The first-order valence-corrected chi connectivity index (χ1v) is 20.1. The van der Waals surface area contributed by atoms with Crippen molar-refractivity contribution in [2.75, 3.05) is 4.90 Å². The molecule has 9 aromatic rings. The fraction of sp³-hybridized carbons (Fsp3) is 0.0943. The van der Waals surface area contributed by atoms with Crippen molar-refractivity contribution in [2.45, 2.75) is 31.6 Å². The number of hydrogen-bond donors (Lipinski definition) is 0. The molecule has 0 atom stereocenters. The van der Waals surface area contributed by atoms with Gasteiger partial charge < -0.3 is 4.90 Å². The highest BCUT2D eigenvalue weighted by Gasteiger charge is 2.40. The minimum Gasteiger partial charge on any atom is -0.310 e. The fourth-order valence-corrected chi connectivity index (χ4v) is 10.9. The molecule has 0 spiro atoms. The number of anilines is 3. The van der Waals surface area contributed by atoms with Crippen LogP contribution in [0.15, 0.2) is 182 Å². The summed E-state index contributed by atoms with van der Waals surface area (Å²) in [6.45, 7) is 7.11. The van der Waals surface area contributed by atoms with Gasteiger partial charge in [-0.2, -0.15) is 0 Å². The normalized spacial score (nSPS) is 14.4. The van der Waals surface area contributed by atoms with Gasteiger partial charge in [-0.05, 0) is 117 Å². The van der Waals surface area contributed by atoms with Gasteiger partial charge in [-0.25, -0.2) is 0 Å². The number of hydrogen-bond acceptors (Lipinski definition) is 2. The molecule has 0 aliphatic heterocycles. The van der Waals surface area contributed by atoms with Crippen LogP contribution in [0.4, 0.5) is 17.1 Å². The van der Waals surface area contributed by atoms with Crippen molar-refractivity contribution in [1.29, 1.82) is 0 Å². The lowest BCUT2D eigenvalue weighted by molar-refractivity contribution is 0.660. The molecule has 2 aliphatic carbocycles. The molecular formula is C53H39NS. The average molecular weight is 722 g/mol. The molecule has 1 nitrogen and oxygen atoms in total. The summed E-state index contributed by atoms with van der Waals surface area (Å²) in [6, 6.07) is 67.7. The van der Waals surface area contributed by atoms with Crippen molar-refractivity contribution in [3.63, 3.8) is 0 Å². The zero-order valence-electron chi connectivity index (χ0n) is 31.2. The van der Waals surface area contributed by atoms with Gasteiger partial charge in [0.2, 0.25) is 0 Å². The van der Waals surface area contributed by atoms with Crippen LogP contribution < -0.4 is 4.90 Å². The minimum atomic E-state index is -0.225. The quantitative estimate of drug-likeness (QED) is 0.171. The molecule has 11 rings (SSSR count). The van der Waals surface area contributed by atoms with Crippen LogP contribution in [0.5, 0.6) is 0 Å². The molecule has 55 heavy (non-hydrogen) atoms. The van der Waals surface area contributed by atoms with Crippen LogP contribution in [0.1, 0.15) is 48.6 Å². The van der Waals surface area contributed by atoms with Gasteiger partial charge in [-0.15, -0.1) is 11.3 Å². The maximum absolute atomic E-state index is 2.46. The Hall–Kier alpha value is -6.22. The Morgan fingerprint density at radius 2 is 1.00 bits per heavy atom. The monoisotopic (exact) mass is 721 g/mol. The molecule has 0 saturated heterocycles. The maximum Gasteiger partial charge on any atom is 0.0554 e. The number of rotatable bonds is 5. The zero-order chi connectivity index (χ0) is 36.9. The van der Waals surface area contributed by atoms with E-state index in [1.54, 1.807) is 0 Å². The molecule has 0 radical (unpaired) electrons. The van der Waals surface area contributed by atoms with Crippen molar-refractivity contribution in [1.82, 2.24) is 0 Å². The Balaban J connectivity index is 1.02. The smallest absolute Gasteiger partial charge is 0.0554 e. The molecule has 0 fully saturated rings. The molecule has 2 heteroatoms. The fourth-order valence-electron chi connectivity index (χ4n) is 9.76. The molecule has 2 aliphatic rings. The second kappa shape index (κ2) is 11.9. The number of fused-ring (bicyclic) bond motifs is 9. The summed E-state index contributed by atoms with van der Waals surface area (Å²) >= 11 is 1.90.